The van der Waals surface area contributed by atoms with Gasteiger partial charge in [-0.1, -0.05) is 26.0 Å². The molecule has 0 aliphatic carbocycles. The molecule has 0 atom stereocenters. The Hall–Kier alpha value is -2.42. The first-order valence-electron chi connectivity index (χ1n) is 7.41. The molecule has 0 aromatic heterocycles. The molecule has 2 aromatic carbocycles. The topological polar surface area (TPSA) is 162 Å². The van der Waals surface area contributed by atoms with Crippen molar-refractivity contribution in [2.45, 2.75) is 19.8 Å². The number of rotatable bonds is 4. The van der Waals surface area contributed by atoms with E-state index in [2.05, 4.69) is 13.8 Å². The molecule has 9 nitrogen and oxygen atoms in total. The Kier molecular flexibility index (Phi) is 7.76. The normalized spacial score (nSPS) is 10.7. The van der Waals surface area contributed by atoms with Crippen LogP contribution in [-0.4, -0.2) is 25.7 Å². The zero-order valence-corrected chi connectivity index (χ0v) is 15.1. The van der Waals surface area contributed by atoms with Crippen LogP contribution >= 0.6 is 7.82 Å². The van der Waals surface area contributed by atoms with Crippen LogP contribution in [0.15, 0.2) is 42.5 Å². The molecule has 0 bridgehead atoms. The molecule has 0 heterocycles. The number of carbonyl (C=O) groups excluding carboxylic acids is 1. The Morgan fingerprint density at radius 2 is 1.58 bits per heavy atom. The molecule has 7 N–H and O–H groups in total. The summed E-state index contributed by atoms with van der Waals surface area (Å²) in [6.07, 6.45) is 0. The van der Waals surface area contributed by atoms with E-state index in [1.165, 1.54) is 17.7 Å². The molecular weight excluding hydrogens is 363 g/mol. The molecule has 10 heteroatoms. The third-order valence-electron chi connectivity index (χ3n) is 3.13. The maximum atomic E-state index is 11.5. The quantitative estimate of drug-likeness (QED) is 0.202. The molecule has 2 rings (SSSR count). The summed E-state index contributed by atoms with van der Waals surface area (Å²) in [6.45, 7) is 4.24. The molecule has 2 aromatic rings. The highest BCUT2D eigenvalue weighted by atomic mass is 31.2. The second kappa shape index (κ2) is 9.33. The number of aromatic hydroxyl groups is 1. The molecule has 142 valence electrons. The van der Waals surface area contributed by atoms with Gasteiger partial charge in [-0.15, -0.1) is 0 Å². The fourth-order valence-corrected chi connectivity index (χ4v) is 1.90. The van der Waals surface area contributed by atoms with Gasteiger partial charge in [-0.25, -0.2) is 10.4 Å². The van der Waals surface area contributed by atoms with Gasteiger partial charge in [0.05, 0.1) is 5.56 Å². The van der Waals surface area contributed by atoms with Crippen molar-refractivity contribution < 1.29 is 33.9 Å². The van der Waals surface area contributed by atoms with Gasteiger partial charge in [-0.05, 0) is 41.8 Å². The van der Waals surface area contributed by atoms with Gasteiger partial charge in [0, 0.05) is 0 Å². The lowest BCUT2D eigenvalue weighted by Crippen LogP contribution is -2.30. The van der Waals surface area contributed by atoms with E-state index in [4.69, 9.17) is 29.8 Å². The average molecular weight is 384 g/mol. The third kappa shape index (κ3) is 7.64. The summed E-state index contributed by atoms with van der Waals surface area (Å²) < 4.78 is 14.6. The van der Waals surface area contributed by atoms with Crippen LogP contribution in [0.1, 0.15) is 35.7 Å². The van der Waals surface area contributed by atoms with Gasteiger partial charge in [-0.3, -0.25) is 10.2 Å². The zero-order valence-electron chi connectivity index (χ0n) is 14.2. The second-order valence-electron chi connectivity index (χ2n) is 5.49. The summed E-state index contributed by atoms with van der Waals surface area (Å²) >= 11 is 0. The standard InChI is InChI=1S/C16H18N2O3.H3O4P/c1-10(2)11-3-5-12(6-4-11)21-13-7-8-15(19)14(9-13)16(20)18-17;1-5(2,3)4/h3-10,19H,17H2,1-2H3,(H,18,20);(H3,1,2,3,4). The molecule has 0 saturated heterocycles. The van der Waals surface area contributed by atoms with Crippen LogP contribution in [0, 0.1) is 0 Å². The number of ether oxygens (including phenoxy) is 1. The monoisotopic (exact) mass is 384 g/mol. The van der Waals surface area contributed by atoms with Crippen molar-refractivity contribution in [3.63, 3.8) is 0 Å². The molecule has 26 heavy (non-hydrogen) atoms. The first kappa shape index (κ1) is 21.6. The number of carbonyl (C=O) groups is 1. The van der Waals surface area contributed by atoms with Crippen molar-refractivity contribution in [1.29, 1.82) is 0 Å². The van der Waals surface area contributed by atoms with Crippen molar-refractivity contribution in [2.24, 2.45) is 5.84 Å². The smallest absolute Gasteiger partial charge is 0.466 e. The molecule has 0 fully saturated rings. The van der Waals surface area contributed by atoms with E-state index in [9.17, 15) is 9.90 Å². The molecular formula is C16H21N2O7P. The van der Waals surface area contributed by atoms with Crippen LogP contribution in [0.25, 0.3) is 0 Å². The van der Waals surface area contributed by atoms with Gasteiger partial charge in [0.25, 0.3) is 5.91 Å². The maximum absolute atomic E-state index is 11.5. The van der Waals surface area contributed by atoms with E-state index in [-0.39, 0.29) is 11.3 Å². The predicted octanol–water partition coefficient (Wildman–Crippen LogP) is 1.98. The highest BCUT2D eigenvalue weighted by Crippen LogP contribution is 2.28. The van der Waals surface area contributed by atoms with Gasteiger partial charge < -0.3 is 24.5 Å². The Morgan fingerprint density at radius 1 is 1.08 bits per heavy atom. The van der Waals surface area contributed by atoms with Crippen LogP contribution < -0.4 is 16.0 Å². The minimum Gasteiger partial charge on any atom is -0.507 e. The van der Waals surface area contributed by atoms with Crippen molar-refractivity contribution in [3.05, 3.63) is 53.6 Å². The van der Waals surface area contributed by atoms with E-state index in [1.807, 2.05) is 29.7 Å². The molecule has 0 aliphatic rings. The largest absolute Gasteiger partial charge is 0.507 e. The van der Waals surface area contributed by atoms with Crippen LogP contribution in [0.4, 0.5) is 0 Å². The number of phenols is 1. The number of benzene rings is 2. The molecule has 0 saturated carbocycles. The van der Waals surface area contributed by atoms with Crippen molar-refractivity contribution in [1.82, 2.24) is 5.43 Å². The summed E-state index contributed by atoms with van der Waals surface area (Å²) in [7, 11) is -4.64. The van der Waals surface area contributed by atoms with E-state index < -0.39 is 13.7 Å². The van der Waals surface area contributed by atoms with Gasteiger partial charge in [0.2, 0.25) is 0 Å². The Balaban J connectivity index is 0.000000597. The Bertz CT molecular complexity index is 779. The Labute approximate surface area is 150 Å². The first-order chi connectivity index (χ1) is 12.0. The molecule has 0 unspecified atom stereocenters. The van der Waals surface area contributed by atoms with Crippen LogP contribution in [-0.2, 0) is 4.57 Å². The second-order valence-corrected chi connectivity index (χ2v) is 6.52. The van der Waals surface area contributed by atoms with Gasteiger partial charge in [0.15, 0.2) is 0 Å². The van der Waals surface area contributed by atoms with Crippen LogP contribution in [0.3, 0.4) is 0 Å². The van der Waals surface area contributed by atoms with Crippen molar-refractivity contribution >= 4 is 13.7 Å². The molecule has 0 aliphatic heterocycles. The number of hydrogen-bond donors (Lipinski definition) is 6. The summed E-state index contributed by atoms with van der Waals surface area (Å²) in [5.41, 5.74) is 3.26. The van der Waals surface area contributed by atoms with Gasteiger partial charge in [-0.2, -0.15) is 0 Å². The molecule has 0 radical (unpaired) electrons. The number of nitrogens with one attached hydrogen (secondary N) is 1. The number of nitrogens with two attached hydrogens (primary N) is 1. The fourth-order valence-electron chi connectivity index (χ4n) is 1.90. The first-order valence-corrected chi connectivity index (χ1v) is 8.98. The highest BCUT2D eigenvalue weighted by molar-refractivity contribution is 7.45. The van der Waals surface area contributed by atoms with E-state index in [0.717, 1.165) is 0 Å². The number of hydrazine groups is 1. The average Bonchev–Trinajstić information content (AvgIpc) is 2.55. The van der Waals surface area contributed by atoms with Crippen molar-refractivity contribution in [2.75, 3.05) is 0 Å². The number of phenolic OH excluding ortho intramolecular Hbond substituents is 1. The van der Waals surface area contributed by atoms with Gasteiger partial charge in [0.1, 0.15) is 17.2 Å². The Morgan fingerprint density at radius 3 is 2.04 bits per heavy atom. The van der Waals surface area contributed by atoms with E-state index in [0.29, 0.717) is 17.4 Å². The summed E-state index contributed by atoms with van der Waals surface area (Å²) in [5, 5.41) is 9.63. The van der Waals surface area contributed by atoms with E-state index in [1.54, 1.807) is 6.07 Å². The summed E-state index contributed by atoms with van der Waals surface area (Å²) in [4.78, 5) is 33.1. The number of hydrogen-bond acceptors (Lipinski definition) is 5. The predicted molar refractivity (Wildman–Crippen MR) is 94.6 cm³/mol. The number of phosphoric acid groups is 1. The molecule has 1 amide bonds. The third-order valence-corrected chi connectivity index (χ3v) is 3.13. The van der Waals surface area contributed by atoms with Crippen LogP contribution in [0.2, 0.25) is 0 Å². The van der Waals surface area contributed by atoms with Crippen LogP contribution in [0.5, 0.6) is 17.2 Å². The number of amides is 1. The minimum absolute atomic E-state index is 0.0637. The molecule has 0 spiro atoms. The lowest BCUT2D eigenvalue weighted by molar-refractivity contribution is 0.0950. The van der Waals surface area contributed by atoms with E-state index >= 15 is 0 Å². The zero-order chi connectivity index (χ0) is 19.9. The van der Waals surface area contributed by atoms with Gasteiger partial charge >= 0.3 is 7.82 Å². The number of nitrogen functional groups attached to an aromatic ring is 1. The SMILES string of the molecule is CC(C)c1ccc(Oc2ccc(O)c(C(=O)NN)c2)cc1.O=P(O)(O)O. The highest BCUT2D eigenvalue weighted by Gasteiger charge is 2.11. The fraction of sp³-hybridized carbons (Fsp3) is 0.188. The summed E-state index contributed by atoms with van der Waals surface area (Å²) in [5.74, 6) is 5.90. The summed E-state index contributed by atoms with van der Waals surface area (Å²) in [6, 6.07) is 12.1. The minimum atomic E-state index is -4.64. The van der Waals surface area contributed by atoms with Crippen molar-refractivity contribution in [3.8, 4) is 17.2 Å². The lowest BCUT2D eigenvalue weighted by atomic mass is 10.0. The lowest BCUT2D eigenvalue weighted by Gasteiger charge is -2.10. The maximum Gasteiger partial charge on any atom is 0.466 e.